The van der Waals surface area contributed by atoms with Crippen molar-refractivity contribution in [1.29, 1.82) is 0 Å². The minimum Gasteiger partial charge on any atom is -0.384 e. The van der Waals surface area contributed by atoms with Crippen molar-refractivity contribution in [2.24, 2.45) is 29.1 Å². The topological polar surface area (TPSA) is 37.3 Å². The normalized spacial score (nSPS) is 49.5. The van der Waals surface area contributed by atoms with E-state index in [-0.39, 0.29) is 5.41 Å². The third kappa shape index (κ3) is 2.14. The number of halogens is 1. The van der Waals surface area contributed by atoms with Gasteiger partial charge in [-0.1, -0.05) is 30.2 Å². The largest absolute Gasteiger partial charge is 0.384 e. The molecule has 0 radical (unpaired) electrons. The zero-order valence-corrected chi connectivity index (χ0v) is 14.9. The van der Waals surface area contributed by atoms with Crippen molar-refractivity contribution >= 4 is 17.4 Å². The third-order valence-electron chi connectivity index (χ3n) is 7.82. The Bertz CT molecular complexity index is 603. The van der Waals surface area contributed by atoms with Crippen LogP contribution in [0.5, 0.6) is 0 Å². The molecule has 23 heavy (non-hydrogen) atoms. The Hall–Kier alpha value is -0.600. The maximum atomic E-state index is 11.7. The number of hydrogen-bond acceptors (Lipinski definition) is 2. The second-order valence-corrected chi connectivity index (χ2v) is 9.03. The number of fused-ring (bicyclic) bond motifs is 5. The fourth-order valence-corrected chi connectivity index (χ4v) is 6.55. The third-order valence-corrected chi connectivity index (χ3v) is 8.34. The molecule has 0 aliphatic heterocycles. The van der Waals surface area contributed by atoms with Gasteiger partial charge in [-0.3, -0.25) is 4.79 Å². The summed E-state index contributed by atoms with van der Waals surface area (Å²) in [6.45, 7) is 4.16. The van der Waals surface area contributed by atoms with Crippen molar-refractivity contribution in [3.8, 4) is 0 Å². The van der Waals surface area contributed by atoms with Gasteiger partial charge in [-0.05, 0) is 75.2 Å². The van der Waals surface area contributed by atoms with Gasteiger partial charge in [0, 0.05) is 16.9 Å². The Morgan fingerprint density at radius 1 is 1.17 bits per heavy atom. The summed E-state index contributed by atoms with van der Waals surface area (Å²) in [4.78, 5) is 11.7. The first-order chi connectivity index (χ1) is 10.8. The lowest BCUT2D eigenvalue weighted by Gasteiger charge is -2.60. The van der Waals surface area contributed by atoms with E-state index in [4.69, 9.17) is 11.6 Å². The molecule has 4 aliphatic carbocycles. The van der Waals surface area contributed by atoms with Gasteiger partial charge >= 0.3 is 0 Å². The zero-order valence-electron chi connectivity index (χ0n) is 14.1. The highest BCUT2D eigenvalue weighted by Crippen LogP contribution is 2.63. The highest BCUT2D eigenvalue weighted by Gasteiger charge is 2.59. The number of rotatable bonds is 0. The summed E-state index contributed by atoms with van der Waals surface area (Å²) in [7, 11) is 0. The van der Waals surface area contributed by atoms with Crippen molar-refractivity contribution < 1.29 is 9.90 Å². The van der Waals surface area contributed by atoms with Crippen LogP contribution in [0.2, 0.25) is 0 Å². The molecule has 4 rings (SSSR count). The Balaban J connectivity index is 1.68. The van der Waals surface area contributed by atoms with Crippen LogP contribution >= 0.6 is 11.6 Å². The Kier molecular flexibility index (Phi) is 3.59. The minimum atomic E-state index is -0.902. The van der Waals surface area contributed by atoms with E-state index in [9.17, 15) is 9.90 Å². The number of aliphatic hydroxyl groups is 1. The van der Waals surface area contributed by atoms with Crippen molar-refractivity contribution in [2.75, 3.05) is 0 Å². The van der Waals surface area contributed by atoms with E-state index in [1.807, 2.05) is 13.0 Å². The van der Waals surface area contributed by atoms with Crippen molar-refractivity contribution in [2.45, 2.75) is 64.4 Å². The first kappa shape index (κ1) is 15.9. The van der Waals surface area contributed by atoms with Crippen LogP contribution in [0, 0.1) is 29.1 Å². The molecule has 0 amide bonds. The molecule has 1 N–H and O–H groups in total. The lowest BCUT2D eigenvalue weighted by atomic mass is 9.46. The average molecular weight is 335 g/mol. The van der Waals surface area contributed by atoms with E-state index >= 15 is 0 Å². The number of carbonyl (C=O) groups excluding carboxylic acids is 1. The highest BCUT2D eigenvalue weighted by molar-refractivity contribution is 6.30. The summed E-state index contributed by atoms with van der Waals surface area (Å²) in [6.07, 6.45) is 11.2. The van der Waals surface area contributed by atoms with Gasteiger partial charge in [0.1, 0.15) is 5.60 Å². The maximum Gasteiger partial charge on any atom is 0.155 e. The molecule has 0 unspecified atom stereocenters. The molecule has 2 saturated carbocycles. The van der Waals surface area contributed by atoms with Gasteiger partial charge in [0.15, 0.2) is 5.78 Å². The summed E-state index contributed by atoms with van der Waals surface area (Å²) in [6, 6.07) is 0. The second kappa shape index (κ2) is 5.20. The van der Waals surface area contributed by atoms with Gasteiger partial charge in [-0.25, -0.2) is 0 Å². The van der Waals surface area contributed by atoms with Crippen LogP contribution in [-0.2, 0) is 4.79 Å². The lowest BCUT2D eigenvalue weighted by Crippen LogP contribution is -2.58. The molecule has 0 saturated heterocycles. The summed E-state index contributed by atoms with van der Waals surface area (Å²) >= 11 is 6.38. The highest BCUT2D eigenvalue weighted by atomic mass is 35.5. The van der Waals surface area contributed by atoms with Gasteiger partial charge in [0.25, 0.3) is 0 Å². The second-order valence-electron chi connectivity index (χ2n) is 8.62. The number of carbonyl (C=O) groups is 1. The predicted octanol–water partition coefficient (Wildman–Crippen LogP) is 4.61. The predicted molar refractivity (Wildman–Crippen MR) is 92.0 cm³/mol. The average Bonchev–Trinajstić information content (AvgIpc) is 2.51. The molecule has 3 heteroatoms. The van der Waals surface area contributed by atoms with Gasteiger partial charge in [0.05, 0.1) is 0 Å². The molecule has 0 aromatic carbocycles. The van der Waals surface area contributed by atoms with Gasteiger partial charge in [0.2, 0.25) is 0 Å². The SMILES string of the molecule is C[C@]1(O)C(Cl)=CC[C@H]2[C@@H]3CCC4=CC(=O)CC[C@@H]4[C@H]3CC[C@@]21C. The summed E-state index contributed by atoms with van der Waals surface area (Å²) in [5.74, 6) is 2.81. The number of allylic oxidation sites excluding steroid dienone is 3. The van der Waals surface area contributed by atoms with Crippen LogP contribution in [-0.4, -0.2) is 16.5 Å². The molecule has 0 spiro atoms. The van der Waals surface area contributed by atoms with Crippen molar-refractivity contribution in [3.05, 3.63) is 22.8 Å². The van der Waals surface area contributed by atoms with Crippen LogP contribution in [0.4, 0.5) is 0 Å². The van der Waals surface area contributed by atoms with Crippen LogP contribution in [0.25, 0.3) is 0 Å². The number of hydrogen-bond donors (Lipinski definition) is 1. The molecule has 2 nitrogen and oxygen atoms in total. The van der Waals surface area contributed by atoms with Gasteiger partial charge in [-0.15, -0.1) is 0 Å². The van der Waals surface area contributed by atoms with E-state index in [0.717, 1.165) is 38.5 Å². The molecule has 0 heterocycles. The summed E-state index contributed by atoms with van der Waals surface area (Å²) in [5, 5.41) is 11.7. The van der Waals surface area contributed by atoms with Crippen molar-refractivity contribution in [1.82, 2.24) is 0 Å². The molecule has 4 aliphatic rings. The van der Waals surface area contributed by atoms with Crippen LogP contribution < -0.4 is 0 Å². The van der Waals surface area contributed by atoms with Crippen LogP contribution in [0.3, 0.4) is 0 Å². The number of ketones is 1. The smallest absolute Gasteiger partial charge is 0.155 e. The van der Waals surface area contributed by atoms with E-state index in [1.54, 1.807) is 0 Å². The molecule has 0 aromatic rings. The fraction of sp³-hybridized carbons (Fsp3) is 0.750. The van der Waals surface area contributed by atoms with E-state index < -0.39 is 5.60 Å². The summed E-state index contributed by atoms with van der Waals surface area (Å²) in [5.41, 5.74) is 0.398. The van der Waals surface area contributed by atoms with Crippen molar-refractivity contribution in [3.63, 3.8) is 0 Å². The lowest BCUT2D eigenvalue weighted by molar-refractivity contribution is -0.133. The molecular weight excluding hydrogens is 308 g/mol. The minimum absolute atomic E-state index is 0.119. The summed E-state index contributed by atoms with van der Waals surface area (Å²) < 4.78 is 0. The van der Waals surface area contributed by atoms with E-state index in [2.05, 4.69) is 13.0 Å². The Morgan fingerprint density at radius 3 is 2.74 bits per heavy atom. The fourth-order valence-electron chi connectivity index (χ4n) is 6.24. The van der Waals surface area contributed by atoms with E-state index in [0.29, 0.717) is 34.5 Å². The van der Waals surface area contributed by atoms with E-state index in [1.165, 1.54) is 12.0 Å². The first-order valence-electron chi connectivity index (χ1n) is 9.16. The first-order valence-corrected chi connectivity index (χ1v) is 9.54. The molecule has 2 fully saturated rings. The Morgan fingerprint density at radius 2 is 1.96 bits per heavy atom. The maximum absolute atomic E-state index is 11.7. The monoisotopic (exact) mass is 334 g/mol. The van der Waals surface area contributed by atoms with Crippen LogP contribution in [0.15, 0.2) is 22.8 Å². The quantitative estimate of drug-likeness (QED) is 0.702. The molecule has 6 atom stereocenters. The van der Waals surface area contributed by atoms with Crippen LogP contribution in [0.1, 0.15) is 58.8 Å². The standard InChI is InChI=1S/C20H27ClO2/c1-19-10-9-15-14-6-4-13(22)11-12(14)3-5-16(15)17(19)7-8-18(21)20(19,2)23/h8,11,14-17,23H,3-7,9-10H2,1-2H3/t14-,15+,16+,17-,19-,20-/m0/s1. The molecule has 0 aromatic heterocycles. The van der Waals surface area contributed by atoms with Gasteiger partial charge in [-0.2, -0.15) is 0 Å². The molecular formula is C20H27ClO2. The molecule has 0 bridgehead atoms. The molecule has 126 valence electrons. The zero-order chi connectivity index (χ0) is 16.4. The van der Waals surface area contributed by atoms with Gasteiger partial charge < -0.3 is 5.11 Å². The Labute approximate surface area is 144 Å².